The lowest BCUT2D eigenvalue weighted by Crippen LogP contribution is -2.67. The zero-order chi connectivity index (χ0) is 25.0. The summed E-state index contributed by atoms with van der Waals surface area (Å²) < 4.78 is 46.8. The number of benzene rings is 1. The number of hydrogen-bond donors (Lipinski definition) is 2. The molecule has 1 aromatic carbocycles. The van der Waals surface area contributed by atoms with E-state index in [0.29, 0.717) is 18.7 Å². The summed E-state index contributed by atoms with van der Waals surface area (Å²) in [7, 11) is 3.25. The average molecular weight is 490 g/mol. The molecule has 35 heavy (non-hydrogen) atoms. The molecule has 1 aliphatic carbocycles. The van der Waals surface area contributed by atoms with Crippen molar-refractivity contribution in [1.82, 2.24) is 24.4 Å². The Kier molecular flexibility index (Phi) is 5.41. The molecule has 0 atom stereocenters. The summed E-state index contributed by atoms with van der Waals surface area (Å²) in [6.45, 7) is 1.22. The molecular weight excluding hydrogens is 465 g/mol. The number of hydrogen-bond acceptors (Lipinski definition) is 4. The lowest BCUT2D eigenvalue weighted by molar-refractivity contribution is -0.127. The van der Waals surface area contributed by atoms with Gasteiger partial charge in [-0.25, -0.2) is 9.31 Å². The lowest BCUT2D eigenvalue weighted by atomic mass is 9.60. The van der Waals surface area contributed by atoms with E-state index < -0.39 is 18.6 Å². The van der Waals surface area contributed by atoms with Crippen LogP contribution in [0.5, 0.6) is 5.75 Å². The third-order valence-electron chi connectivity index (χ3n) is 6.72. The number of carbonyl (C=O) groups is 2. The van der Waals surface area contributed by atoms with Crippen molar-refractivity contribution in [3.63, 3.8) is 0 Å². The maximum atomic E-state index is 12.9. The Labute approximate surface area is 198 Å². The molecule has 3 heterocycles. The fourth-order valence-electron chi connectivity index (χ4n) is 5.16. The first kappa shape index (κ1) is 23.1. The van der Waals surface area contributed by atoms with Crippen LogP contribution in [0.25, 0.3) is 5.65 Å². The first-order valence-corrected chi connectivity index (χ1v) is 11.1. The molecule has 2 N–H and O–H groups in total. The molecule has 0 unspecified atom stereocenters. The maximum absolute atomic E-state index is 12.9. The quantitative estimate of drug-likeness (QED) is 0.575. The van der Waals surface area contributed by atoms with E-state index in [0.717, 1.165) is 18.5 Å². The van der Waals surface area contributed by atoms with Crippen molar-refractivity contribution in [3.8, 4) is 5.75 Å². The van der Waals surface area contributed by atoms with E-state index in [9.17, 15) is 22.8 Å². The Bertz CT molecular complexity index is 1280. The second kappa shape index (κ2) is 8.21. The molecule has 1 spiro atoms. The molecule has 12 heteroatoms. The Morgan fingerprint density at radius 3 is 2.66 bits per heavy atom. The van der Waals surface area contributed by atoms with Crippen LogP contribution in [-0.4, -0.2) is 63.4 Å². The van der Waals surface area contributed by atoms with Gasteiger partial charge in [-0.15, -0.1) is 0 Å². The highest BCUT2D eigenvalue weighted by Crippen LogP contribution is 2.48. The SMILES string of the molecule is COc1ccc(CC(F)(F)F)cc1NC(=O)NC1CC2(C1)CN(C(=O)c1cnn3ccn(C)c13)C2. The highest BCUT2D eigenvalue weighted by Gasteiger charge is 2.54. The summed E-state index contributed by atoms with van der Waals surface area (Å²) in [4.78, 5) is 27.2. The Balaban J connectivity index is 1.13. The molecule has 0 bridgehead atoms. The van der Waals surface area contributed by atoms with Crippen molar-refractivity contribution in [2.45, 2.75) is 31.5 Å². The van der Waals surface area contributed by atoms with Gasteiger partial charge in [-0.2, -0.15) is 18.3 Å². The monoisotopic (exact) mass is 490 g/mol. The van der Waals surface area contributed by atoms with Crippen molar-refractivity contribution in [3.05, 3.63) is 47.9 Å². The summed E-state index contributed by atoms with van der Waals surface area (Å²) in [6.07, 6.45) is 1.22. The number of nitrogens with one attached hydrogen (secondary N) is 2. The van der Waals surface area contributed by atoms with Gasteiger partial charge in [0.25, 0.3) is 5.91 Å². The second-order valence-corrected chi connectivity index (χ2v) is 9.43. The van der Waals surface area contributed by atoms with E-state index in [2.05, 4.69) is 15.7 Å². The van der Waals surface area contributed by atoms with Crippen molar-refractivity contribution in [1.29, 1.82) is 0 Å². The summed E-state index contributed by atoms with van der Waals surface area (Å²) >= 11 is 0. The summed E-state index contributed by atoms with van der Waals surface area (Å²) in [5, 5.41) is 9.67. The van der Waals surface area contributed by atoms with Crippen molar-refractivity contribution in [2.24, 2.45) is 12.5 Å². The van der Waals surface area contributed by atoms with Crippen LogP contribution in [0, 0.1) is 5.41 Å². The van der Waals surface area contributed by atoms with E-state index in [1.165, 1.54) is 25.3 Å². The van der Waals surface area contributed by atoms with Gasteiger partial charge in [0.15, 0.2) is 0 Å². The molecule has 5 rings (SSSR count). The Morgan fingerprint density at radius 2 is 1.97 bits per heavy atom. The average Bonchev–Trinajstić information content (AvgIpc) is 3.30. The number of fused-ring (bicyclic) bond motifs is 1. The van der Waals surface area contributed by atoms with Crippen LogP contribution in [0.3, 0.4) is 0 Å². The number of imidazole rings is 1. The highest BCUT2D eigenvalue weighted by molar-refractivity contribution is 6.00. The molecular formula is C23H25F3N6O3. The molecule has 2 fully saturated rings. The molecule has 1 saturated carbocycles. The molecule has 9 nitrogen and oxygen atoms in total. The number of carbonyl (C=O) groups excluding carboxylic acids is 2. The number of urea groups is 1. The zero-order valence-corrected chi connectivity index (χ0v) is 19.2. The number of amides is 3. The number of rotatable bonds is 5. The van der Waals surface area contributed by atoms with Gasteiger partial charge in [0.05, 0.1) is 25.4 Å². The van der Waals surface area contributed by atoms with Crippen LogP contribution in [0.2, 0.25) is 0 Å². The highest BCUT2D eigenvalue weighted by atomic mass is 19.4. The minimum atomic E-state index is -4.35. The van der Waals surface area contributed by atoms with Gasteiger partial charge >= 0.3 is 12.2 Å². The third kappa shape index (κ3) is 4.40. The number of aromatic nitrogens is 3. The van der Waals surface area contributed by atoms with Gasteiger partial charge < -0.3 is 24.8 Å². The number of aryl methyl sites for hydroxylation is 1. The second-order valence-electron chi connectivity index (χ2n) is 9.43. The minimum Gasteiger partial charge on any atom is -0.495 e. The number of alkyl halides is 3. The molecule has 1 aliphatic heterocycles. The number of nitrogens with zero attached hydrogens (tertiary/aromatic N) is 4. The van der Waals surface area contributed by atoms with Gasteiger partial charge in [0.2, 0.25) is 0 Å². The van der Waals surface area contributed by atoms with Crippen LogP contribution in [-0.2, 0) is 13.5 Å². The van der Waals surface area contributed by atoms with E-state index >= 15 is 0 Å². The fourth-order valence-corrected chi connectivity index (χ4v) is 5.16. The van der Waals surface area contributed by atoms with Gasteiger partial charge in [0.1, 0.15) is 17.0 Å². The molecule has 3 amide bonds. The molecule has 2 aromatic heterocycles. The fraction of sp³-hybridized carbons (Fsp3) is 0.435. The van der Waals surface area contributed by atoms with Crippen molar-refractivity contribution >= 4 is 23.3 Å². The van der Waals surface area contributed by atoms with Gasteiger partial charge in [-0.05, 0) is 30.5 Å². The summed E-state index contributed by atoms with van der Waals surface area (Å²) in [5.74, 6) is 0.212. The van der Waals surface area contributed by atoms with E-state index in [1.54, 1.807) is 21.8 Å². The topological polar surface area (TPSA) is 92.9 Å². The standard InChI is InChI=1S/C23H25F3N6O3/c1-30-5-6-32-19(30)16(11-27-32)20(33)31-12-22(13-31)9-15(10-22)28-21(34)29-17-7-14(8-23(24,25)26)3-4-18(17)35-2/h3-7,11,15H,8-10,12-13H2,1-2H3,(H2,28,29,34). The summed E-state index contributed by atoms with van der Waals surface area (Å²) in [5.41, 5.74) is 1.49. The lowest BCUT2D eigenvalue weighted by Gasteiger charge is -2.58. The normalized spacial score (nSPS) is 17.2. The molecule has 186 valence electrons. The molecule has 0 radical (unpaired) electrons. The van der Waals surface area contributed by atoms with E-state index in [-0.39, 0.29) is 34.4 Å². The van der Waals surface area contributed by atoms with Crippen LogP contribution in [0.15, 0.2) is 36.8 Å². The first-order chi connectivity index (χ1) is 16.6. The molecule has 3 aromatic rings. The molecule has 2 aliphatic rings. The predicted octanol–water partition coefficient (Wildman–Crippen LogP) is 3.21. The first-order valence-electron chi connectivity index (χ1n) is 11.1. The number of likely N-dealkylation sites (tertiary alicyclic amines) is 1. The minimum absolute atomic E-state index is 0.0155. The smallest absolute Gasteiger partial charge is 0.393 e. The number of anilines is 1. The van der Waals surface area contributed by atoms with Crippen LogP contribution in [0.1, 0.15) is 28.8 Å². The van der Waals surface area contributed by atoms with E-state index in [4.69, 9.17) is 4.74 Å². The van der Waals surface area contributed by atoms with Crippen LogP contribution >= 0.6 is 0 Å². The predicted molar refractivity (Wildman–Crippen MR) is 120 cm³/mol. The largest absolute Gasteiger partial charge is 0.495 e. The van der Waals surface area contributed by atoms with Crippen LogP contribution < -0.4 is 15.4 Å². The van der Waals surface area contributed by atoms with Crippen molar-refractivity contribution in [2.75, 3.05) is 25.5 Å². The van der Waals surface area contributed by atoms with Crippen molar-refractivity contribution < 1.29 is 27.5 Å². The number of methoxy groups -OCH3 is 1. The summed E-state index contributed by atoms with van der Waals surface area (Å²) in [6, 6.07) is 3.41. The molecule has 1 saturated heterocycles. The Hall–Kier alpha value is -3.70. The number of halogens is 3. The zero-order valence-electron chi connectivity index (χ0n) is 19.2. The van der Waals surface area contributed by atoms with E-state index in [1.807, 2.05) is 17.8 Å². The number of ether oxygens (including phenoxy) is 1. The Morgan fingerprint density at radius 1 is 1.23 bits per heavy atom. The maximum Gasteiger partial charge on any atom is 0.393 e. The van der Waals surface area contributed by atoms with Gasteiger partial charge in [0, 0.05) is 44.0 Å². The third-order valence-corrected chi connectivity index (χ3v) is 6.72. The van der Waals surface area contributed by atoms with Crippen LogP contribution in [0.4, 0.5) is 23.7 Å². The van der Waals surface area contributed by atoms with Gasteiger partial charge in [-0.1, -0.05) is 6.07 Å². The van der Waals surface area contributed by atoms with Gasteiger partial charge in [-0.3, -0.25) is 4.79 Å².